The number of rotatable bonds is 8. The molecule has 0 aliphatic carbocycles. The van der Waals surface area contributed by atoms with Gasteiger partial charge in [-0.3, -0.25) is 4.79 Å². The van der Waals surface area contributed by atoms with Crippen LogP contribution in [0.2, 0.25) is 0 Å². The fourth-order valence-electron chi connectivity index (χ4n) is 3.80. The van der Waals surface area contributed by atoms with E-state index in [1.807, 2.05) is 0 Å². The average molecular weight is 413 g/mol. The van der Waals surface area contributed by atoms with E-state index in [9.17, 15) is 4.79 Å². The summed E-state index contributed by atoms with van der Waals surface area (Å²) in [6.45, 7) is 7.73. The fourth-order valence-corrected chi connectivity index (χ4v) is 3.80. The van der Waals surface area contributed by atoms with Crippen LogP contribution in [0.4, 0.5) is 0 Å². The zero-order valence-electron chi connectivity index (χ0n) is 16.6. The molecule has 2 fully saturated rings. The Labute approximate surface area is 171 Å². The number of likely N-dealkylation sites (tertiary alicyclic amines) is 1. The molecule has 8 heteroatoms. The molecule has 0 atom stereocenters. The molecule has 2 aliphatic rings. The van der Waals surface area contributed by atoms with Crippen LogP contribution in [0.1, 0.15) is 25.7 Å². The van der Waals surface area contributed by atoms with Gasteiger partial charge in [-0.25, -0.2) is 0 Å². The minimum absolute atomic E-state index is 0. The molecule has 0 bridgehead atoms. The van der Waals surface area contributed by atoms with Crippen molar-refractivity contribution in [3.8, 4) is 0 Å². The first-order valence-electron chi connectivity index (χ1n) is 9.41. The Morgan fingerprint density at radius 2 is 1.85 bits per heavy atom. The van der Waals surface area contributed by atoms with Gasteiger partial charge in [0.05, 0.1) is 12.0 Å². The van der Waals surface area contributed by atoms with Crippen molar-refractivity contribution in [2.75, 3.05) is 73.6 Å². The van der Waals surface area contributed by atoms with Crippen molar-refractivity contribution in [3.63, 3.8) is 0 Å². The SMILES string of the molecule is COCC1(C(=O)NCC2CCN(CCN(C)C)CC2)CCNCC1.Cl.Cl. The normalized spacial score (nSPS) is 20.9. The third-order valence-corrected chi connectivity index (χ3v) is 5.58. The van der Waals surface area contributed by atoms with Gasteiger partial charge in [0.1, 0.15) is 0 Å². The van der Waals surface area contributed by atoms with E-state index in [2.05, 4.69) is 34.5 Å². The van der Waals surface area contributed by atoms with Crippen molar-refractivity contribution in [2.45, 2.75) is 25.7 Å². The number of nitrogens with one attached hydrogen (secondary N) is 2. The zero-order valence-corrected chi connectivity index (χ0v) is 18.2. The molecule has 156 valence electrons. The molecule has 0 aromatic rings. The second kappa shape index (κ2) is 13.1. The molecule has 0 spiro atoms. The van der Waals surface area contributed by atoms with Gasteiger partial charge in [0.15, 0.2) is 0 Å². The summed E-state index contributed by atoms with van der Waals surface area (Å²) in [7, 11) is 5.94. The predicted octanol–water partition coefficient (Wildman–Crippen LogP) is 1.24. The lowest BCUT2D eigenvalue weighted by molar-refractivity contribution is -0.136. The number of likely N-dealkylation sites (N-methyl/N-ethyl adjacent to an activating group) is 1. The van der Waals surface area contributed by atoms with E-state index in [4.69, 9.17) is 4.74 Å². The lowest BCUT2D eigenvalue weighted by Crippen LogP contribution is -2.51. The van der Waals surface area contributed by atoms with Gasteiger partial charge in [0.2, 0.25) is 5.91 Å². The van der Waals surface area contributed by atoms with Gasteiger partial charge in [-0.15, -0.1) is 24.8 Å². The zero-order chi connectivity index (χ0) is 17.4. The van der Waals surface area contributed by atoms with Crippen LogP contribution in [-0.4, -0.2) is 89.3 Å². The Bertz CT molecular complexity index is 380. The molecule has 2 saturated heterocycles. The number of halogens is 2. The van der Waals surface area contributed by atoms with Crippen LogP contribution in [0, 0.1) is 11.3 Å². The molecule has 2 rings (SSSR count). The highest BCUT2D eigenvalue weighted by molar-refractivity contribution is 5.85. The van der Waals surface area contributed by atoms with Gasteiger partial charge in [0, 0.05) is 26.7 Å². The topological polar surface area (TPSA) is 56.8 Å². The molecule has 0 aromatic heterocycles. The summed E-state index contributed by atoms with van der Waals surface area (Å²) in [5.41, 5.74) is -0.327. The number of hydrogen-bond acceptors (Lipinski definition) is 5. The summed E-state index contributed by atoms with van der Waals surface area (Å²) in [5.74, 6) is 0.812. The summed E-state index contributed by atoms with van der Waals surface area (Å²) < 4.78 is 5.36. The molecule has 2 N–H and O–H groups in total. The third kappa shape index (κ3) is 7.87. The summed E-state index contributed by atoms with van der Waals surface area (Å²) in [6, 6.07) is 0. The van der Waals surface area contributed by atoms with Gasteiger partial charge >= 0.3 is 0 Å². The van der Waals surface area contributed by atoms with Crippen molar-refractivity contribution >= 4 is 30.7 Å². The average Bonchev–Trinajstić information content (AvgIpc) is 2.59. The van der Waals surface area contributed by atoms with Crippen LogP contribution in [0.15, 0.2) is 0 Å². The second-order valence-corrected chi connectivity index (χ2v) is 7.76. The number of carbonyl (C=O) groups is 1. The van der Waals surface area contributed by atoms with Crippen LogP contribution in [0.5, 0.6) is 0 Å². The standard InChI is InChI=1S/C18H36N4O2.2ClH/c1-21(2)12-13-22-10-4-16(5-11-22)14-20-17(23)18(15-24-3)6-8-19-9-7-18;;/h16,19H,4-15H2,1-3H3,(H,20,23);2*1H. The van der Waals surface area contributed by atoms with Gasteiger partial charge < -0.3 is 25.2 Å². The Balaban J connectivity index is 0.00000312. The molecule has 0 unspecified atom stereocenters. The quantitative estimate of drug-likeness (QED) is 0.627. The maximum absolute atomic E-state index is 12.8. The van der Waals surface area contributed by atoms with Crippen LogP contribution in [0.25, 0.3) is 0 Å². The van der Waals surface area contributed by atoms with Crippen LogP contribution < -0.4 is 10.6 Å². The lowest BCUT2D eigenvalue weighted by Gasteiger charge is -2.37. The highest BCUT2D eigenvalue weighted by Gasteiger charge is 2.39. The van der Waals surface area contributed by atoms with Crippen LogP contribution in [-0.2, 0) is 9.53 Å². The Morgan fingerprint density at radius 3 is 2.38 bits per heavy atom. The number of nitrogens with zero attached hydrogens (tertiary/aromatic N) is 2. The van der Waals surface area contributed by atoms with Crippen molar-refractivity contribution in [1.82, 2.24) is 20.4 Å². The van der Waals surface area contributed by atoms with E-state index in [1.165, 1.54) is 12.8 Å². The van der Waals surface area contributed by atoms with Crippen LogP contribution in [0.3, 0.4) is 0 Å². The number of amides is 1. The highest BCUT2D eigenvalue weighted by atomic mass is 35.5. The smallest absolute Gasteiger partial charge is 0.228 e. The monoisotopic (exact) mass is 412 g/mol. The molecule has 26 heavy (non-hydrogen) atoms. The molecule has 0 aromatic carbocycles. The molecular weight excluding hydrogens is 375 g/mol. The largest absolute Gasteiger partial charge is 0.384 e. The number of ether oxygens (including phenoxy) is 1. The lowest BCUT2D eigenvalue weighted by atomic mass is 9.78. The van der Waals surface area contributed by atoms with Crippen molar-refractivity contribution in [1.29, 1.82) is 0 Å². The summed E-state index contributed by atoms with van der Waals surface area (Å²) >= 11 is 0. The van der Waals surface area contributed by atoms with E-state index in [0.717, 1.165) is 58.7 Å². The summed E-state index contributed by atoms with van der Waals surface area (Å²) in [4.78, 5) is 17.5. The Morgan fingerprint density at radius 1 is 1.23 bits per heavy atom. The van der Waals surface area contributed by atoms with Crippen molar-refractivity contribution < 1.29 is 9.53 Å². The predicted molar refractivity (Wildman–Crippen MR) is 112 cm³/mol. The van der Waals surface area contributed by atoms with Crippen molar-refractivity contribution in [3.05, 3.63) is 0 Å². The molecular formula is C18H38Cl2N4O2. The molecule has 1 amide bonds. The highest BCUT2D eigenvalue weighted by Crippen LogP contribution is 2.29. The first kappa shape index (κ1) is 25.9. The molecule has 2 aliphatic heterocycles. The minimum Gasteiger partial charge on any atom is -0.384 e. The number of hydrogen-bond donors (Lipinski definition) is 2. The van der Waals surface area contributed by atoms with Gasteiger partial charge in [-0.05, 0) is 71.9 Å². The summed E-state index contributed by atoms with van der Waals surface area (Å²) in [6.07, 6.45) is 4.12. The third-order valence-electron chi connectivity index (χ3n) is 5.58. The first-order chi connectivity index (χ1) is 11.6. The minimum atomic E-state index is -0.327. The van der Waals surface area contributed by atoms with Gasteiger partial charge in [-0.2, -0.15) is 0 Å². The van der Waals surface area contributed by atoms with E-state index in [-0.39, 0.29) is 36.1 Å². The van der Waals surface area contributed by atoms with E-state index in [0.29, 0.717) is 12.5 Å². The first-order valence-corrected chi connectivity index (χ1v) is 9.41. The summed E-state index contributed by atoms with van der Waals surface area (Å²) in [5, 5.41) is 6.58. The van der Waals surface area contributed by atoms with E-state index >= 15 is 0 Å². The second-order valence-electron chi connectivity index (χ2n) is 7.76. The van der Waals surface area contributed by atoms with E-state index < -0.39 is 0 Å². The van der Waals surface area contributed by atoms with Crippen LogP contribution >= 0.6 is 24.8 Å². The Hall–Kier alpha value is -0.110. The number of carbonyl (C=O) groups excluding carboxylic acids is 1. The molecule has 6 nitrogen and oxygen atoms in total. The fraction of sp³-hybridized carbons (Fsp3) is 0.944. The maximum atomic E-state index is 12.8. The maximum Gasteiger partial charge on any atom is 0.228 e. The van der Waals surface area contributed by atoms with Crippen molar-refractivity contribution in [2.24, 2.45) is 11.3 Å². The van der Waals surface area contributed by atoms with Gasteiger partial charge in [-0.1, -0.05) is 0 Å². The molecule has 0 radical (unpaired) electrons. The molecule has 2 heterocycles. The number of methoxy groups -OCH3 is 1. The molecule has 0 saturated carbocycles. The number of piperidine rings is 2. The Kier molecular flexibility index (Phi) is 13.1. The van der Waals surface area contributed by atoms with E-state index in [1.54, 1.807) is 7.11 Å². The van der Waals surface area contributed by atoms with Gasteiger partial charge in [0.25, 0.3) is 0 Å².